The van der Waals surface area contributed by atoms with Gasteiger partial charge < -0.3 is 15.4 Å². The zero-order valence-corrected chi connectivity index (χ0v) is 14.6. The summed E-state index contributed by atoms with van der Waals surface area (Å²) in [6.07, 6.45) is 1.21. The predicted molar refractivity (Wildman–Crippen MR) is 98.9 cm³/mol. The van der Waals surface area contributed by atoms with Crippen LogP contribution in [0, 0.1) is 0 Å². The van der Waals surface area contributed by atoms with E-state index >= 15 is 0 Å². The maximum Gasteiger partial charge on any atom is 0.221 e. The van der Waals surface area contributed by atoms with Crippen LogP contribution in [0.25, 0.3) is 0 Å². The van der Waals surface area contributed by atoms with Crippen molar-refractivity contribution >= 4 is 23.2 Å². The monoisotopic (exact) mass is 346 g/mol. The fourth-order valence-electron chi connectivity index (χ4n) is 2.28. The minimum Gasteiger partial charge on any atom is -0.494 e. The maximum atomic E-state index is 11.8. The smallest absolute Gasteiger partial charge is 0.221 e. The fourth-order valence-corrected chi connectivity index (χ4v) is 2.50. The lowest BCUT2D eigenvalue weighted by molar-refractivity contribution is -0.120. The standard InChI is InChI=1S/C19H23ClN2O2/c1-2-24-18-8-6-17(7-9-18)21-13-11-19(23)22-12-10-15-4-3-5-16(20)14-15/h3-9,14,21H,2,10-13H2,1H3,(H,22,23). The average molecular weight is 347 g/mol. The number of nitrogens with one attached hydrogen (secondary N) is 2. The van der Waals surface area contributed by atoms with Crippen molar-refractivity contribution in [3.63, 3.8) is 0 Å². The van der Waals surface area contributed by atoms with Crippen molar-refractivity contribution in [1.29, 1.82) is 0 Å². The summed E-state index contributed by atoms with van der Waals surface area (Å²) in [5.41, 5.74) is 2.10. The number of benzene rings is 2. The summed E-state index contributed by atoms with van der Waals surface area (Å²) in [4.78, 5) is 11.8. The third-order valence-corrected chi connectivity index (χ3v) is 3.71. The van der Waals surface area contributed by atoms with Crippen molar-refractivity contribution < 1.29 is 9.53 Å². The van der Waals surface area contributed by atoms with E-state index in [9.17, 15) is 4.79 Å². The average Bonchev–Trinajstić information content (AvgIpc) is 2.57. The Morgan fingerprint density at radius 3 is 2.62 bits per heavy atom. The molecule has 2 N–H and O–H groups in total. The van der Waals surface area contributed by atoms with E-state index in [-0.39, 0.29) is 5.91 Å². The van der Waals surface area contributed by atoms with Crippen LogP contribution >= 0.6 is 11.6 Å². The SMILES string of the molecule is CCOc1ccc(NCCC(=O)NCCc2cccc(Cl)c2)cc1. The molecule has 2 aromatic rings. The maximum absolute atomic E-state index is 11.8. The zero-order valence-electron chi connectivity index (χ0n) is 13.8. The Kier molecular flexibility index (Phi) is 7.43. The lowest BCUT2D eigenvalue weighted by Gasteiger charge is -2.09. The third kappa shape index (κ3) is 6.50. The highest BCUT2D eigenvalue weighted by Crippen LogP contribution is 2.15. The lowest BCUT2D eigenvalue weighted by atomic mass is 10.1. The molecular weight excluding hydrogens is 324 g/mol. The van der Waals surface area contributed by atoms with Gasteiger partial charge >= 0.3 is 0 Å². The van der Waals surface area contributed by atoms with Crippen molar-refractivity contribution in [3.8, 4) is 5.75 Å². The molecule has 24 heavy (non-hydrogen) atoms. The van der Waals surface area contributed by atoms with E-state index in [1.165, 1.54) is 0 Å². The molecule has 0 fully saturated rings. The minimum atomic E-state index is 0.0375. The van der Waals surface area contributed by atoms with E-state index in [0.29, 0.717) is 26.1 Å². The van der Waals surface area contributed by atoms with Gasteiger partial charge in [-0.15, -0.1) is 0 Å². The Morgan fingerprint density at radius 2 is 1.92 bits per heavy atom. The van der Waals surface area contributed by atoms with Gasteiger partial charge in [0.2, 0.25) is 5.91 Å². The second kappa shape index (κ2) is 9.83. The normalized spacial score (nSPS) is 10.2. The molecule has 0 atom stereocenters. The highest BCUT2D eigenvalue weighted by molar-refractivity contribution is 6.30. The lowest BCUT2D eigenvalue weighted by Crippen LogP contribution is -2.27. The minimum absolute atomic E-state index is 0.0375. The number of ether oxygens (including phenoxy) is 1. The molecule has 5 heteroatoms. The van der Waals surface area contributed by atoms with Crippen molar-refractivity contribution in [1.82, 2.24) is 5.32 Å². The van der Waals surface area contributed by atoms with Gasteiger partial charge in [0.15, 0.2) is 0 Å². The van der Waals surface area contributed by atoms with E-state index in [2.05, 4.69) is 10.6 Å². The second-order valence-electron chi connectivity index (χ2n) is 5.36. The highest BCUT2D eigenvalue weighted by Gasteiger charge is 2.02. The highest BCUT2D eigenvalue weighted by atomic mass is 35.5. The number of carbonyl (C=O) groups is 1. The molecule has 0 aromatic heterocycles. The van der Waals surface area contributed by atoms with E-state index in [1.54, 1.807) is 0 Å². The Hall–Kier alpha value is -2.20. The Bertz CT molecular complexity index is 644. The topological polar surface area (TPSA) is 50.4 Å². The van der Waals surface area contributed by atoms with E-state index in [4.69, 9.17) is 16.3 Å². The van der Waals surface area contributed by atoms with Crippen LogP contribution in [0.4, 0.5) is 5.69 Å². The van der Waals surface area contributed by atoms with Crippen molar-refractivity contribution in [2.45, 2.75) is 19.8 Å². The summed E-state index contributed by atoms with van der Waals surface area (Å²) in [5, 5.41) is 6.87. The van der Waals surface area contributed by atoms with Crippen molar-refractivity contribution in [2.75, 3.05) is 25.0 Å². The second-order valence-corrected chi connectivity index (χ2v) is 5.80. The molecule has 0 spiro atoms. The van der Waals surface area contributed by atoms with Crippen molar-refractivity contribution in [3.05, 3.63) is 59.1 Å². The first kappa shape index (κ1) is 18.1. The summed E-state index contributed by atoms with van der Waals surface area (Å²) >= 11 is 5.94. The molecule has 0 aliphatic rings. The first-order valence-corrected chi connectivity index (χ1v) is 8.53. The van der Waals surface area contributed by atoms with Gasteiger partial charge in [-0.05, 0) is 55.3 Å². The van der Waals surface area contributed by atoms with E-state index < -0.39 is 0 Å². The zero-order chi connectivity index (χ0) is 17.2. The van der Waals surface area contributed by atoms with Crippen LogP contribution in [0.2, 0.25) is 5.02 Å². The van der Waals surface area contributed by atoms with Gasteiger partial charge in [0.1, 0.15) is 5.75 Å². The number of hydrogen-bond acceptors (Lipinski definition) is 3. The van der Waals surface area contributed by atoms with Gasteiger partial charge in [-0.2, -0.15) is 0 Å². The predicted octanol–water partition coefficient (Wildman–Crippen LogP) is 3.90. The van der Waals surface area contributed by atoms with Crippen LogP contribution in [-0.4, -0.2) is 25.6 Å². The molecule has 0 unspecified atom stereocenters. The molecule has 0 saturated heterocycles. The van der Waals surface area contributed by atoms with Gasteiger partial charge in [-0.25, -0.2) is 0 Å². The first-order chi connectivity index (χ1) is 11.7. The molecule has 2 rings (SSSR count). The quantitative estimate of drug-likeness (QED) is 0.724. The molecule has 0 aliphatic heterocycles. The summed E-state index contributed by atoms with van der Waals surface area (Å²) in [5.74, 6) is 0.886. The summed E-state index contributed by atoms with van der Waals surface area (Å²) in [7, 11) is 0. The van der Waals surface area contributed by atoms with Gasteiger partial charge in [0.25, 0.3) is 0 Å². The molecule has 0 bridgehead atoms. The van der Waals surface area contributed by atoms with Gasteiger partial charge in [-0.1, -0.05) is 23.7 Å². The number of carbonyl (C=O) groups excluding carboxylic acids is 1. The number of hydrogen-bond donors (Lipinski definition) is 2. The van der Waals surface area contributed by atoms with Crippen LogP contribution in [0.15, 0.2) is 48.5 Å². The molecule has 128 valence electrons. The largest absolute Gasteiger partial charge is 0.494 e. The molecule has 0 saturated carbocycles. The molecule has 1 amide bonds. The Labute approximate surface area is 148 Å². The third-order valence-electron chi connectivity index (χ3n) is 3.47. The van der Waals surface area contributed by atoms with Gasteiger partial charge in [0.05, 0.1) is 6.61 Å². The molecule has 4 nitrogen and oxygen atoms in total. The summed E-state index contributed by atoms with van der Waals surface area (Å²) in [6, 6.07) is 15.4. The van der Waals surface area contributed by atoms with E-state index in [1.807, 2.05) is 55.5 Å². The molecule has 0 heterocycles. The first-order valence-electron chi connectivity index (χ1n) is 8.15. The molecule has 0 radical (unpaired) electrons. The fraction of sp³-hybridized carbons (Fsp3) is 0.316. The Morgan fingerprint density at radius 1 is 1.12 bits per heavy atom. The van der Waals surface area contributed by atoms with Crippen molar-refractivity contribution in [2.24, 2.45) is 0 Å². The summed E-state index contributed by atoms with van der Waals surface area (Å²) < 4.78 is 5.39. The number of rotatable bonds is 9. The van der Waals surface area contributed by atoms with Gasteiger partial charge in [-0.3, -0.25) is 4.79 Å². The Balaban J connectivity index is 1.62. The number of amides is 1. The molecular formula is C19H23ClN2O2. The van der Waals surface area contributed by atoms with E-state index in [0.717, 1.165) is 28.4 Å². The van der Waals surface area contributed by atoms with Gasteiger partial charge in [0, 0.05) is 30.2 Å². The van der Waals surface area contributed by atoms with Crippen LogP contribution in [0.1, 0.15) is 18.9 Å². The number of halogens is 1. The number of anilines is 1. The van der Waals surface area contributed by atoms with Crippen LogP contribution < -0.4 is 15.4 Å². The van der Waals surface area contributed by atoms with Crippen LogP contribution in [-0.2, 0) is 11.2 Å². The van der Waals surface area contributed by atoms with Crippen LogP contribution in [0.3, 0.4) is 0 Å². The van der Waals surface area contributed by atoms with Crippen LogP contribution in [0.5, 0.6) is 5.75 Å². The molecule has 2 aromatic carbocycles. The molecule has 0 aliphatic carbocycles. The summed E-state index contributed by atoms with van der Waals surface area (Å²) in [6.45, 7) is 3.82.